The number of carbonyl (C=O) groups excluding carboxylic acids is 1. The van der Waals surface area contributed by atoms with Crippen molar-refractivity contribution in [1.82, 2.24) is 20.1 Å². The Labute approximate surface area is 150 Å². The van der Waals surface area contributed by atoms with Crippen LogP contribution in [0.2, 0.25) is 0 Å². The van der Waals surface area contributed by atoms with E-state index < -0.39 is 6.10 Å². The van der Waals surface area contributed by atoms with Gasteiger partial charge in [-0.2, -0.15) is 0 Å². The number of anilines is 1. The molecule has 26 heavy (non-hydrogen) atoms. The molecule has 4 rings (SSSR count). The molecule has 2 aliphatic rings. The molecule has 0 bridgehead atoms. The number of aromatic nitrogens is 3. The summed E-state index contributed by atoms with van der Waals surface area (Å²) >= 11 is 0. The van der Waals surface area contributed by atoms with E-state index in [9.17, 15) is 9.18 Å². The highest BCUT2D eigenvalue weighted by Crippen LogP contribution is 2.27. The van der Waals surface area contributed by atoms with Crippen molar-refractivity contribution in [2.24, 2.45) is 0 Å². The first-order valence-corrected chi connectivity index (χ1v) is 9.07. The average Bonchev–Trinajstić information content (AvgIpc) is 2.92. The molecule has 2 aromatic rings. The Balaban J connectivity index is 1.59. The minimum absolute atomic E-state index is 0.241. The molecular weight excluding hydrogens is 337 g/mol. The molecule has 2 N–H and O–H groups in total. The lowest BCUT2D eigenvalue weighted by Gasteiger charge is -2.22. The van der Waals surface area contributed by atoms with Crippen LogP contribution in [0.5, 0.6) is 0 Å². The summed E-state index contributed by atoms with van der Waals surface area (Å²) in [5, 5.41) is 14.4. The van der Waals surface area contributed by atoms with Crippen LogP contribution in [0.1, 0.15) is 25.1 Å². The van der Waals surface area contributed by atoms with Crippen LogP contribution in [0.3, 0.4) is 0 Å². The molecular formula is C18H22FN5O2. The van der Waals surface area contributed by atoms with Gasteiger partial charge in [0.25, 0.3) is 5.91 Å². The van der Waals surface area contributed by atoms with Crippen LogP contribution in [0.15, 0.2) is 18.2 Å². The van der Waals surface area contributed by atoms with E-state index in [0.29, 0.717) is 30.2 Å². The van der Waals surface area contributed by atoms with Gasteiger partial charge in [0.1, 0.15) is 17.7 Å². The Kier molecular flexibility index (Phi) is 4.94. The number of aryl methyl sites for hydroxylation is 1. The maximum atomic E-state index is 14.5. The largest absolute Gasteiger partial charge is 0.366 e. The zero-order valence-electron chi connectivity index (χ0n) is 14.5. The van der Waals surface area contributed by atoms with Crippen molar-refractivity contribution < 1.29 is 13.9 Å². The monoisotopic (exact) mass is 359 g/mol. The quantitative estimate of drug-likeness (QED) is 0.872. The molecule has 1 saturated heterocycles. The first kappa shape index (κ1) is 17.1. The number of carbonyl (C=O) groups is 1. The molecule has 0 saturated carbocycles. The highest BCUT2D eigenvalue weighted by molar-refractivity contribution is 5.95. The van der Waals surface area contributed by atoms with Gasteiger partial charge in [-0.25, -0.2) is 4.39 Å². The number of halogens is 1. The van der Waals surface area contributed by atoms with E-state index in [-0.39, 0.29) is 11.7 Å². The smallest absolute Gasteiger partial charge is 0.254 e. The van der Waals surface area contributed by atoms with Gasteiger partial charge in [-0.05, 0) is 31.0 Å². The molecule has 0 aliphatic carbocycles. The van der Waals surface area contributed by atoms with Crippen LogP contribution >= 0.6 is 0 Å². The fourth-order valence-electron chi connectivity index (χ4n) is 3.42. The molecule has 1 unspecified atom stereocenters. The number of ether oxygens (including phenoxy) is 1. The minimum Gasteiger partial charge on any atom is -0.366 e. The second-order valence-corrected chi connectivity index (χ2v) is 6.65. The Bertz CT molecular complexity index is 801. The molecule has 1 aromatic carbocycles. The third-order valence-electron chi connectivity index (χ3n) is 4.80. The molecule has 0 radical (unpaired) electrons. The highest BCUT2D eigenvalue weighted by atomic mass is 19.1. The van der Waals surface area contributed by atoms with Gasteiger partial charge in [-0.3, -0.25) is 4.79 Å². The zero-order chi connectivity index (χ0) is 17.9. The lowest BCUT2D eigenvalue weighted by molar-refractivity contribution is -0.128. The van der Waals surface area contributed by atoms with Gasteiger partial charge in [0.05, 0.1) is 12.2 Å². The second-order valence-electron chi connectivity index (χ2n) is 6.65. The second kappa shape index (κ2) is 7.51. The maximum absolute atomic E-state index is 14.5. The van der Waals surface area contributed by atoms with Gasteiger partial charge in [-0.15, -0.1) is 10.2 Å². The topological polar surface area (TPSA) is 81.1 Å². The first-order chi connectivity index (χ1) is 12.7. The van der Waals surface area contributed by atoms with Crippen LogP contribution in [0.25, 0.3) is 11.4 Å². The molecule has 7 nitrogen and oxygen atoms in total. The highest BCUT2D eigenvalue weighted by Gasteiger charge is 2.23. The van der Waals surface area contributed by atoms with Crippen molar-refractivity contribution in [2.45, 2.75) is 38.3 Å². The van der Waals surface area contributed by atoms with Crippen molar-refractivity contribution >= 4 is 11.6 Å². The maximum Gasteiger partial charge on any atom is 0.254 e. The third kappa shape index (κ3) is 3.47. The van der Waals surface area contributed by atoms with E-state index in [1.54, 1.807) is 12.1 Å². The molecule has 8 heteroatoms. The minimum atomic E-state index is -0.540. The van der Waals surface area contributed by atoms with E-state index >= 15 is 0 Å². The Morgan fingerprint density at radius 1 is 1.31 bits per heavy atom. The number of hydrogen-bond acceptors (Lipinski definition) is 5. The van der Waals surface area contributed by atoms with Crippen molar-refractivity contribution in [3.63, 3.8) is 0 Å². The summed E-state index contributed by atoms with van der Waals surface area (Å²) in [4.78, 5) is 12.3. The molecule has 0 spiro atoms. The van der Waals surface area contributed by atoms with Gasteiger partial charge in [0.2, 0.25) is 0 Å². The Morgan fingerprint density at radius 2 is 2.23 bits per heavy atom. The summed E-state index contributed by atoms with van der Waals surface area (Å²) in [6.45, 7) is 2.49. The van der Waals surface area contributed by atoms with E-state index in [4.69, 9.17) is 4.74 Å². The van der Waals surface area contributed by atoms with Crippen molar-refractivity contribution in [2.75, 3.05) is 25.0 Å². The standard InChI is InChI=1S/C18H22FN5O2/c19-14-6-5-12(21-18(25)15-11-20-7-9-26-15)10-13(14)17-23-22-16-4-2-1-3-8-24(16)17/h5-6,10,15,20H,1-4,7-9,11H2,(H,21,25). The Hall–Kier alpha value is -2.32. The van der Waals surface area contributed by atoms with E-state index in [2.05, 4.69) is 20.8 Å². The number of fused-ring (bicyclic) bond motifs is 1. The van der Waals surface area contributed by atoms with E-state index in [0.717, 1.165) is 44.6 Å². The summed E-state index contributed by atoms with van der Waals surface area (Å²) in [7, 11) is 0. The molecule has 1 atom stereocenters. The van der Waals surface area contributed by atoms with Crippen molar-refractivity contribution in [3.05, 3.63) is 29.8 Å². The first-order valence-electron chi connectivity index (χ1n) is 9.07. The van der Waals surface area contributed by atoms with Crippen LogP contribution in [-0.2, 0) is 22.5 Å². The molecule has 1 amide bonds. The summed E-state index contributed by atoms with van der Waals surface area (Å²) < 4.78 is 21.9. The molecule has 2 aliphatic heterocycles. The normalized spacial score (nSPS) is 20.3. The predicted molar refractivity (Wildman–Crippen MR) is 94.2 cm³/mol. The Morgan fingerprint density at radius 3 is 3.08 bits per heavy atom. The van der Waals surface area contributed by atoms with Crippen LogP contribution in [-0.4, -0.2) is 46.5 Å². The number of morpholine rings is 1. The van der Waals surface area contributed by atoms with Crippen molar-refractivity contribution in [3.8, 4) is 11.4 Å². The lowest BCUT2D eigenvalue weighted by atomic mass is 10.1. The SMILES string of the molecule is O=C(Nc1ccc(F)c(-c2nnc3n2CCCCC3)c1)C1CNCCO1. The average molecular weight is 359 g/mol. The molecule has 1 fully saturated rings. The zero-order valence-corrected chi connectivity index (χ0v) is 14.5. The third-order valence-corrected chi connectivity index (χ3v) is 4.80. The summed E-state index contributed by atoms with van der Waals surface area (Å²) in [5.74, 6) is 0.798. The van der Waals surface area contributed by atoms with E-state index in [1.807, 2.05) is 4.57 Å². The predicted octanol–water partition coefficient (Wildman–Crippen LogP) is 1.74. The van der Waals surface area contributed by atoms with Crippen LogP contribution in [0.4, 0.5) is 10.1 Å². The molecule has 3 heterocycles. The fourth-order valence-corrected chi connectivity index (χ4v) is 3.42. The summed E-state index contributed by atoms with van der Waals surface area (Å²) in [6.07, 6.45) is 3.56. The number of nitrogens with zero attached hydrogens (tertiary/aromatic N) is 3. The number of rotatable bonds is 3. The van der Waals surface area contributed by atoms with Gasteiger partial charge < -0.3 is 19.9 Å². The number of nitrogens with one attached hydrogen (secondary N) is 2. The fraction of sp³-hybridized carbons (Fsp3) is 0.500. The number of hydrogen-bond donors (Lipinski definition) is 2. The van der Waals surface area contributed by atoms with Crippen LogP contribution < -0.4 is 10.6 Å². The number of benzene rings is 1. The molecule has 1 aromatic heterocycles. The van der Waals surface area contributed by atoms with Gasteiger partial charge in [0, 0.05) is 31.7 Å². The van der Waals surface area contributed by atoms with Gasteiger partial charge in [0.15, 0.2) is 5.82 Å². The van der Waals surface area contributed by atoms with Gasteiger partial charge in [-0.1, -0.05) is 6.42 Å². The molecule has 138 valence electrons. The van der Waals surface area contributed by atoms with Crippen molar-refractivity contribution in [1.29, 1.82) is 0 Å². The van der Waals surface area contributed by atoms with Crippen LogP contribution in [0, 0.1) is 5.82 Å². The lowest BCUT2D eigenvalue weighted by Crippen LogP contribution is -2.45. The van der Waals surface area contributed by atoms with Gasteiger partial charge >= 0.3 is 0 Å². The number of amides is 1. The van der Waals surface area contributed by atoms with E-state index in [1.165, 1.54) is 6.07 Å². The summed E-state index contributed by atoms with van der Waals surface area (Å²) in [5.41, 5.74) is 0.873. The summed E-state index contributed by atoms with van der Waals surface area (Å²) in [6, 6.07) is 4.52.